The van der Waals surface area contributed by atoms with Gasteiger partial charge in [0.15, 0.2) is 0 Å². The molecule has 0 amide bonds. The molecule has 2 aromatic heterocycles. The minimum absolute atomic E-state index is 0.274. The molecule has 0 radical (unpaired) electrons. The lowest BCUT2D eigenvalue weighted by molar-refractivity contribution is 0.278. The van der Waals surface area contributed by atoms with Gasteiger partial charge < -0.3 is 14.5 Å². The van der Waals surface area contributed by atoms with Crippen LogP contribution in [0.5, 0.6) is 11.9 Å². The summed E-state index contributed by atoms with van der Waals surface area (Å²) in [5, 5.41) is 4.12. The maximum absolute atomic E-state index is 5.86. The van der Waals surface area contributed by atoms with E-state index in [1.54, 1.807) is 12.4 Å². The Bertz CT molecular complexity index is 989. The number of hydrogen-bond acceptors (Lipinski definition) is 7. The van der Waals surface area contributed by atoms with E-state index in [4.69, 9.17) is 9.57 Å². The van der Waals surface area contributed by atoms with E-state index in [1.165, 1.54) is 0 Å². The molecule has 2 heterocycles. The first-order valence-corrected chi connectivity index (χ1v) is 11.1. The molecule has 0 unspecified atom stereocenters. The topological polar surface area (TPSA) is 72.7 Å². The van der Waals surface area contributed by atoms with Gasteiger partial charge in [0, 0.05) is 37.5 Å². The van der Waals surface area contributed by atoms with Crippen LogP contribution in [0.4, 0.5) is 5.82 Å². The monoisotopic (exact) mass is 433 g/mol. The highest BCUT2D eigenvalue weighted by molar-refractivity contribution is 5.79. The number of oxime groups is 1. The number of aryl methyl sites for hydroxylation is 1. The van der Waals surface area contributed by atoms with E-state index in [9.17, 15) is 0 Å². The Labute approximate surface area is 190 Å². The molecule has 0 aliphatic heterocycles. The summed E-state index contributed by atoms with van der Waals surface area (Å²) >= 11 is 0. The average Bonchev–Trinajstić information content (AvgIpc) is 2.80. The van der Waals surface area contributed by atoms with Crippen molar-refractivity contribution in [3.8, 4) is 11.9 Å². The van der Waals surface area contributed by atoms with E-state index in [-0.39, 0.29) is 6.01 Å². The molecule has 0 fully saturated rings. The van der Waals surface area contributed by atoms with E-state index >= 15 is 0 Å². The molecule has 32 heavy (non-hydrogen) atoms. The van der Waals surface area contributed by atoms with E-state index in [2.05, 4.69) is 38.9 Å². The lowest BCUT2D eigenvalue weighted by Gasteiger charge is -2.23. The highest BCUT2D eigenvalue weighted by atomic mass is 16.6. The normalized spacial score (nSPS) is 11.0. The van der Waals surface area contributed by atoms with Gasteiger partial charge in [-0.15, -0.1) is 0 Å². The first-order chi connectivity index (χ1) is 15.7. The summed E-state index contributed by atoms with van der Waals surface area (Å²) in [6, 6.07) is 16.0. The van der Waals surface area contributed by atoms with E-state index in [0.717, 1.165) is 48.6 Å². The van der Waals surface area contributed by atoms with Crippen LogP contribution in [0.1, 0.15) is 43.5 Å². The van der Waals surface area contributed by atoms with Gasteiger partial charge in [-0.3, -0.25) is 4.98 Å². The van der Waals surface area contributed by atoms with Gasteiger partial charge in [0.05, 0.1) is 12.8 Å². The third-order valence-corrected chi connectivity index (χ3v) is 4.69. The lowest BCUT2D eigenvalue weighted by Crippen LogP contribution is -2.26. The van der Waals surface area contributed by atoms with Crippen molar-refractivity contribution in [2.24, 2.45) is 5.16 Å². The van der Waals surface area contributed by atoms with Crippen molar-refractivity contribution in [1.82, 2.24) is 15.0 Å². The second-order valence-corrected chi connectivity index (χ2v) is 7.49. The minimum Gasteiger partial charge on any atom is -0.463 e. The molecule has 3 rings (SSSR count). The summed E-state index contributed by atoms with van der Waals surface area (Å²) in [6.07, 6.45) is 6.15. The van der Waals surface area contributed by atoms with Crippen LogP contribution in [0.15, 0.2) is 59.9 Å². The predicted octanol–water partition coefficient (Wildman–Crippen LogP) is 4.84. The number of benzene rings is 1. The molecule has 7 nitrogen and oxygen atoms in total. The minimum atomic E-state index is 0.274. The van der Waals surface area contributed by atoms with Gasteiger partial charge in [-0.25, -0.2) is 0 Å². The number of rotatable bonds is 12. The van der Waals surface area contributed by atoms with Crippen molar-refractivity contribution in [3.05, 3.63) is 71.5 Å². The molecule has 0 bridgehead atoms. The lowest BCUT2D eigenvalue weighted by atomic mass is 10.2. The SMILES string of the molecule is CCCN(CCC)c1cc(O/N=C/c2cccc(C)c2)nc(OCCc2ccccn2)n1. The molecule has 0 N–H and O–H groups in total. The van der Waals surface area contributed by atoms with E-state index < -0.39 is 0 Å². The van der Waals surface area contributed by atoms with Gasteiger partial charge >= 0.3 is 6.01 Å². The van der Waals surface area contributed by atoms with Crippen LogP contribution < -0.4 is 14.5 Å². The molecule has 1 aromatic carbocycles. The van der Waals surface area contributed by atoms with Crippen molar-refractivity contribution in [1.29, 1.82) is 0 Å². The maximum Gasteiger partial charge on any atom is 0.321 e. The Hall–Kier alpha value is -3.48. The smallest absolute Gasteiger partial charge is 0.321 e. The molecular weight excluding hydrogens is 402 g/mol. The summed E-state index contributed by atoms with van der Waals surface area (Å²) in [5.74, 6) is 1.13. The molecule has 7 heteroatoms. The van der Waals surface area contributed by atoms with Crippen molar-refractivity contribution >= 4 is 12.0 Å². The Morgan fingerprint density at radius 2 is 1.84 bits per heavy atom. The van der Waals surface area contributed by atoms with Gasteiger partial charge in [0.25, 0.3) is 5.88 Å². The van der Waals surface area contributed by atoms with Crippen LogP contribution in [-0.2, 0) is 6.42 Å². The third kappa shape index (κ3) is 7.34. The quantitative estimate of drug-likeness (QED) is 0.301. The number of nitrogens with zero attached hydrogens (tertiary/aromatic N) is 5. The van der Waals surface area contributed by atoms with Crippen LogP contribution in [0.3, 0.4) is 0 Å². The highest BCUT2D eigenvalue weighted by Gasteiger charge is 2.13. The van der Waals surface area contributed by atoms with Crippen LogP contribution in [0.2, 0.25) is 0 Å². The second kappa shape index (κ2) is 12.4. The van der Waals surface area contributed by atoms with Crippen LogP contribution in [0.25, 0.3) is 0 Å². The Kier molecular flexibility index (Phi) is 8.98. The van der Waals surface area contributed by atoms with Crippen LogP contribution >= 0.6 is 0 Å². The average molecular weight is 434 g/mol. The van der Waals surface area contributed by atoms with Crippen molar-refractivity contribution < 1.29 is 9.57 Å². The molecule has 0 saturated heterocycles. The van der Waals surface area contributed by atoms with Crippen LogP contribution in [0, 0.1) is 6.92 Å². The molecule has 0 aliphatic carbocycles. The number of anilines is 1. The van der Waals surface area contributed by atoms with Gasteiger partial charge in [0.2, 0.25) is 0 Å². The third-order valence-electron chi connectivity index (χ3n) is 4.69. The summed E-state index contributed by atoms with van der Waals surface area (Å²) in [6.45, 7) is 8.55. The standard InChI is InChI=1S/C25H31N5O2/c1-4-14-30(15-5-2)23-18-24(32-27-19-21-10-8-9-20(3)17-21)29-25(28-23)31-16-12-22-11-6-7-13-26-22/h6-11,13,17-19H,4-5,12,14-16H2,1-3H3/b27-19+. The van der Waals surface area contributed by atoms with Crippen LogP contribution in [-0.4, -0.2) is 40.9 Å². The van der Waals surface area contributed by atoms with E-state index in [1.807, 2.05) is 55.5 Å². The van der Waals surface area contributed by atoms with Crippen molar-refractivity contribution in [3.63, 3.8) is 0 Å². The fraction of sp³-hybridized carbons (Fsp3) is 0.360. The predicted molar refractivity (Wildman–Crippen MR) is 128 cm³/mol. The molecule has 0 atom stereocenters. The highest BCUT2D eigenvalue weighted by Crippen LogP contribution is 2.22. The van der Waals surface area contributed by atoms with Gasteiger partial charge in [0.1, 0.15) is 5.82 Å². The first kappa shape index (κ1) is 23.2. The first-order valence-electron chi connectivity index (χ1n) is 11.1. The number of aromatic nitrogens is 3. The maximum atomic E-state index is 5.86. The zero-order chi connectivity index (χ0) is 22.6. The molecule has 0 saturated carbocycles. The zero-order valence-corrected chi connectivity index (χ0v) is 19.1. The fourth-order valence-electron chi connectivity index (χ4n) is 3.23. The Morgan fingerprint density at radius 3 is 2.56 bits per heavy atom. The molecule has 3 aromatic rings. The fourth-order valence-corrected chi connectivity index (χ4v) is 3.23. The molecule has 0 aliphatic rings. The Balaban J connectivity index is 1.75. The molecular formula is C25H31N5O2. The number of ether oxygens (including phenoxy) is 1. The molecule has 0 spiro atoms. The summed E-state index contributed by atoms with van der Waals surface area (Å²) in [4.78, 5) is 21.2. The summed E-state index contributed by atoms with van der Waals surface area (Å²) in [5.41, 5.74) is 3.09. The molecule has 168 valence electrons. The summed E-state index contributed by atoms with van der Waals surface area (Å²) < 4.78 is 5.86. The number of pyridine rings is 1. The van der Waals surface area contributed by atoms with Gasteiger partial charge in [-0.1, -0.05) is 54.9 Å². The zero-order valence-electron chi connectivity index (χ0n) is 19.1. The largest absolute Gasteiger partial charge is 0.463 e. The van der Waals surface area contributed by atoms with Crippen molar-refractivity contribution in [2.75, 3.05) is 24.6 Å². The van der Waals surface area contributed by atoms with Gasteiger partial charge in [-0.2, -0.15) is 9.97 Å². The van der Waals surface area contributed by atoms with Crippen molar-refractivity contribution in [2.45, 2.75) is 40.0 Å². The Morgan fingerprint density at radius 1 is 1.00 bits per heavy atom. The number of hydrogen-bond donors (Lipinski definition) is 0. The summed E-state index contributed by atoms with van der Waals surface area (Å²) in [7, 11) is 0. The van der Waals surface area contributed by atoms with Gasteiger partial charge in [-0.05, 0) is 37.5 Å². The van der Waals surface area contributed by atoms with E-state index in [0.29, 0.717) is 18.9 Å². The second-order valence-electron chi connectivity index (χ2n) is 7.49.